The fourth-order valence-corrected chi connectivity index (χ4v) is 2.99. The van der Waals surface area contributed by atoms with Crippen molar-refractivity contribution in [2.45, 2.75) is 12.5 Å². The van der Waals surface area contributed by atoms with E-state index in [-0.39, 0.29) is 18.6 Å². The number of aromatic amines is 1. The molecule has 0 aliphatic heterocycles. The molecule has 0 bridgehead atoms. The number of aliphatic hydroxyl groups is 1. The van der Waals surface area contributed by atoms with Crippen molar-refractivity contribution in [3.8, 4) is 17.0 Å². The van der Waals surface area contributed by atoms with Gasteiger partial charge in [0, 0.05) is 25.3 Å². The Kier molecular flexibility index (Phi) is 6.51. The van der Waals surface area contributed by atoms with Gasteiger partial charge in [-0.1, -0.05) is 12.1 Å². The fraction of sp³-hybridized carbons (Fsp3) is 0.273. The Labute approximate surface area is 170 Å². The van der Waals surface area contributed by atoms with Crippen LogP contribution in [0.15, 0.2) is 54.6 Å². The van der Waals surface area contributed by atoms with Crippen LogP contribution in [-0.2, 0) is 6.42 Å². The Morgan fingerprint density at radius 3 is 2.45 bits per heavy atom. The van der Waals surface area contributed by atoms with Gasteiger partial charge in [-0.05, 0) is 54.4 Å². The van der Waals surface area contributed by atoms with Crippen LogP contribution in [0.3, 0.4) is 0 Å². The van der Waals surface area contributed by atoms with E-state index in [1.165, 1.54) is 0 Å². The largest absolute Gasteiger partial charge is 0.497 e. The number of aromatic nitrogens is 2. The minimum atomic E-state index is -0.388. The third-order valence-corrected chi connectivity index (χ3v) is 4.70. The number of amides is 1. The summed E-state index contributed by atoms with van der Waals surface area (Å²) >= 11 is 0. The molecule has 3 aromatic rings. The molecule has 0 spiro atoms. The summed E-state index contributed by atoms with van der Waals surface area (Å²) in [6.07, 6.45) is 0.537. The summed E-state index contributed by atoms with van der Waals surface area (Å²) in [5.41, 5.74) is 4.02. The van der Waals surface area contributed by atoms with Crippen molar-refractivity contribution >= 4 is 11.6 Å². The number of hydrogen-bond acceptors (Lipinski definition) is 5. The van der Waals surface area contributed by atoms with Gasteiger partial charge < -0.3 is 20.1 Å². The second kappa shape index (κ2) is 9.25. The highest BCUT2D eigenvalue weighted by molar-refractivity contribution is 5.93. The van der Waals surface area contributed by atoms with Gasteiger partial charge in [-0.25, -0.2) is 0 Å². The molecule has 1 aromatic heterocycles. The second-order valence-electron chi connectivity index (χ2n) is 7.01. The maximum absolute atomic E-state index is 12.6. The van der Waals surface area contributed by atoms with E-state index in [1.54, 1.807) is 13.2 Å². The number of hydrogen-bond donors (Lipinski definition) is 3. The quantitative estimate of drug-likeness (QED) is 0.546. The van der Waals surface area contributed by atoms with Crippen LogP contribution in [-0.4, -0.2) is 55.1 Å². The highest BCUT2D eigenvalue weighted by Gasteiger charge is 2.16. The number of ether oxygens (including phenoxy) is 1. The van der Waals surface area contributed by atoms with Gasteiger partial charge in [0.1, 0.15) is 11.4 Å². The van der Waals surface area contributed by atoms with Gasteiger partial charge in [0.2, 0.25) is 0 Å². The summed E-state index contributed by atoms with van der Waals surface area (Å²) in [5, 5.41) is 19.5. The lowest BCUT2D eigenvalue weighted by atomic mass is 10.1. The van der Waals surface area contributed by atoms with Gasteiger partial charge >= 0.3 is 0 Å². The number of nitrogens with one attached hydrogen (secondary N) is 2. The summed E-state index contributed by atoms with van der Waals surface area (Å²) < 4.78 is 5.15. The highest BCUT2D eigenvalue weighted by Crippen LogP contribution is 2.21. The number of H-pyrrole nitrogens is 1. The van der Waals surface area contributed by atoms with Crippen molar-refractivity contribution in [2.75, 3.05) is 32.7 Å². The minimum Gasteiger partial charge on any atom is -0.497 e. The van der Waals surface area contributed by atoms with E-state index in [1.807, 2.05) is 67.5 Å². The molecule has 1 atom stereocenters. The molecule has 1 heterocycles. The third kappa shape index (κ3) is 5.14. The van der Waals surface area contributed by atoms with Crippen molar-refractivity contribution in [2.24, 2.45) is 0 Å². The van der Waals surface area contributed by atoms with Crippen molar-refractivity contribution in [1.29, 1.82) is 0 Å². The molecule has 0 saturated heterocycles. The van der Waals surface area contributed by atoms with Gasteiger partial charge in [0.05, 0.1) is 25.5 Å². The van der Waals surface area contributed by atoms with Crippen molar-refractivity contribution < 1.29 is 14.6 Å². The molecule has 0 fully saturated rings. The number of carbonyl (C=O) groups excluding carboxylic acids is 1. The van der Waals surface area contributed by atoms with Crippen LogP contribution in [0.4, 0.5) is 5.69 Å². The molecule has 1 amide bonds. The molecule has 3 rings (SSSR count). The first-order chi connectivity index (χ1) is 14.0. The zero-order chi connectivity index (χ0) is 20.8. The molecule has 1 unspecified atom stereocenters. The molecule has 152 valence electrons. The maximum Gasteiger partial charge on any atom is 0.269 e. The number of methoxy groups -OCH3 is 1. The van der Waals surface area contributed by atoms with Crippen LogP contribution in [0, 0.1) is 0 Å². The van der Waals surface area contributed by atoms with Gasteiger partial charge in [-0.15, -0.1) is 0 Å². The molecule has 7 heteroatoms. The summed E-state index contributed by atoms with van der Waals surface area (Å²) in [4.78, 5) is 14.6. The van der Waals surface area contributed by atoms with Crippen LogP contribution in [0.2, 0.25) is 0 Å². The Morgan fingerprint density at radius 2 is 1.86 bits per heavy atom. The molecule has 0 aliphatic rings. The molecule has 0 radical (unpaired) electrons. The van der Waals surface area contributed by atoms with E-state index in [2.05, 4.69) is 15.5 Å². The zero-order valence-electron chi connectivity index (χ0n) is 16.8. The van der Waals surface area contributed by atoms with E-state index < -0.39 is 0 Å². The smallest absolute Gasteiger partial charge is 0.269 e. The molecule has 0 saturated carbocycles. The predicted octanol–water partition coefficient (Wildman–Crippen LogP) is 2.48. The normalized spacial score (nSPS) is 11.7. The average molecular weight is 394 g/mol. The third-order valence-electron chi connectivity index (χ3n) is 4.70. The van der Waals surface area contributed by atoms with Gasteiger partial charge in [-0.3, -0.25) is 9.89 Å². The van der Waals surface area contributed by atoms with Crippen LogP contribution >= 0.6 is 0 Å². The van der Waals surface area contributed by atoms with E-state index in [9.17, 15) is 9.90 Å². The number of nitrogens with zero attached hydrogens (tertiary/aromatic N) is 2. The summed E-state index contributed by atoms with van der Waals surface area (Å²) in [6, 6.07) is 16.8. The van der Waals surface area contributed by atoms with E-state index >= 15 is 0 Å². The lowest BCUT2D eigenvalue weighted by Gasteiger charge is -2.17. The Bertz CT molecular complexity index is 933. The predicted molar refractivity (Wildman–Crippen MR) is 113 cm³/mol. The first-order valence-corrected chi connectivity index (χ1v) is 9.38. The molecule has 7 nitrogen and oxygen atoms in total. The van der Waals surface area contributed by atoms with Crippen LogP contribution in [0.5, 0.6) is 5.75 Å². The maximum atomic E-state index is 12.6. The first-order valence-electron chi connectivity index (χ1n) is 9.38. The van der Waals surface area contributed by atoms with Crippen molar-refractivity contribution in [1.82, 2.24) is 15.5 Å². The molecule has 3 N–H and O–H groups in total. The van der Waals surface area contributed by atoms with Gasteiger partial charge in [0.25, 0.3) is 5.91 Å². The summed E-state index contributed by atoms with van der Waals surface area (Å²) in [6.45, 7) is -0.152. The lowest BCUT2D eigenvalue weighted by molar-refractivity contribution is 0.0911. The van der Waals surface area contributed by atoms with Crippen molar-refractivity contribution in [3.05, 3.63) is 65.9 Å². The molecule has 0 aliphatic carbocycles. The summed E-state index contributed by atoms with van der Waals surface area (Å²) in [5.74, 6) is 0.452. The summed E-state index contributed by atoms with van der Waals surface area (Å²) in [7, 11) is 5.58. The number of benzene rings is 2. The molecule has 29 heavy (non-hydrogen) atoms. The fourth-order valence-electron chi connectivity index (χ4n) is 2.99. The van der Waals surface area contributed by atoms with E-state index in [4.69, 9.17) is 4.74 Å². The Hall–Kier alpha value is -3.32. The molecular weight excluding hydrogens is 368 g/mol. The molecular formula is C22H26N4O3. The van der Waals surface area contributed by atoms with Gasteiger partial charge in [0.15, 0.2) is 0 Å². The topological polar surface area (TPSA) is 90.5 Å². The zero-order valence-corrected chi connectivity index (χ0v) is 16.8. The van der Waals surface area contributed by atoms with Crippen LogP contribution in [0.25, 0.3) is 11.3 Å². The van der Waals surface area contributed by atoms with Gasteiger partial charge in [-0.2, -0.15) is 5.10 Å². The average Bonchev–Trinajstić information content (AvgIpc) is 3.24. The number of aliphatic hydroxyl groups excluding tert-OH is 1. The standard InChI is InChI=1S/C22H26N4O3/c1-26(2)18-8-4-15(5-9-18)12-17(14-27)23-22(28)21-13-20(24-25-21)16-6-10-19(29-3)11-7-16/h4-11,13,17,27H,12,14H2,1-3H3,(H,23,28)(H,24,25). The molecule has 2 aromatic carbocycles. The number of carbonyl (C=O) groups is 1. The van der Waals surface area contributed by atoms with Crippen molar-refractivity contribution in [3.63, 3.8) is 0 Å². The number of rotatable bonds is 8. The SMILES string of the molecule is COc1ccc(-c2cc(C(=O)NC(CO)Cc3ccc(N(C)C)cc3)[nH]n2)cc1. The highest BCUT2D eigenvalue weighted by atomic mass is 16.5. The Morgan fingerprint density at radius 1 is 1.17 bits per heavy atom. The number of anilines is 1. The second-order valence-corrected chi connectivity index (χ2v) is 7.01. The van der Waals surface area contributed by atoms with Crippen LogP contribution < -0.4 is 15.0 Å². The lowest BCUT2D eigenvalue weighted by Crippen LogP contribution is -2.39. The van der Waals surface area contributed by atoms with Crippen LogP contribution in [0.1, 0.15) is 16.1 Å². The minimum absolute atomic E-state index is 0.152. The Balaban J connectivity index is 1.64. The first kappa shape index (κ1) is 20.4. The monoisotopic (exact) mass is 394 g/mol. The van der Waals surface area contributed by atoms with E-state index in [0.29, 0.717) is 17.8 Å². The van der Waals surface area contributed by atoms with E-state index in [0.717, 1.165) is 22.6 Å².